The molecule has 1 saturated heterocycles. The first-order valence-electron chi connectivity index (χ1n) is 14.0. The number of halogens is 1. The number of likely N-dealkylation sites (N-methyl/N-ethyl adjacent to an activating group) is 1. The molecule has 5 aromatic rings. The number of hydrogen-bond donors (Lipinski definition) is 0. The van der Waals surface area contributed by atoms with Gasteiger partial charge >= 0.3 is 6.01 Å². The Morgan fingerprint density at radius 2 is 1.95 bits per heavy atom. The van der Waals surface area contributed by atoms with Crippen molar-refractivity contribution in [2.45, 2.75) is 51.4 Å². The molecule has 0 bridgehead atoms. The molecule has 2 aliphatic heterocycles. The van der Waals surface area contributed by atoms with Crippen molar-refractivity contribution in [1.82, 2.24) is 29.4 Å². The summed E-state index contributed by atoms with van der Waals surface area (Å²) in [5, 5.41) is 1.99. The highest BCUT2D eigenvalue weighted by Gasteiger charge is 2.29. The fraction of sp³-hybridized carbons (Fsp3) is 0.355. The number of fused-ring (bicyclic) bond motifs is 3. The molecule has 2 aliphatic rings. The summed E-state index contributed by atoms with van der Waals surface area (Å²) in [4.78, 5) is 22.9. The van der Waals surface area contributed by atoms with Crippen LogP contribution in [0.3, 0.4) is 0 Å². The Bertz CT molecular complexity index is 1700. The topological polar surface area (TPSA) is 72.2 Å². The molecule has 0 aliphatic carbocycles. The maximum Gasteiger partial charge on any atom is 0.319 e. The molecule has 0 N–H and O–H groups in total. The maximum absolute atomic E-state index is 14.5. The van der Waals surface area contributed by atoms with Gasteiger partial charge in [-0.1, -0.05) is 36.8 Å². The van der Waals surface area contributed by atoms with Crippen LogP contribution < -0.4 is 9.64 Å². The van der Waals surface area contributed by atoms with Crippen LogP contribution in [0.15, 0.2) is 61.1 Å². The predicted molar refractivity (Wildman–Crippen MR) is 154 cm³/mol. The standard InChI is InChI=1S/C31H32FN7O/c1-20-16-38-19-34-29(32)27(38)17-39(20)30-25-12-11-22(24-10-5-7-21-8-6-13-33-28(21)24)15-26(25)35-31(36-30)40-18-23-9-3-4-14-37(23)2/h5-8,10-13,15,19-20,23H,3-4,9,14,16-18H2,1-2H3/t20-,23-/m1/s1. The molecule has 5 heterocycles. The summed E-state index contributed by atoms with van der Waals surface area (Å²) in [6, 6.07) is 17.2. The molecule has 204 valence electrons. The Labute approximate surface area is 232 Å². The third-order valence-corrected chi connectivity index (χ3v) is 8.41. The summed E-state index contributed by atoms with van der Waals surface area (Å²) in [6.45, 7) is 4.73. The van der Waals surface area contributed by atoms with E-state index in [2.05, 4.69) is 76.2 Å². The van der Waals surface area contributed by atoms with Crippen molar-refractivity contribution < 1.29 is 9.13 Å². The number of ether oxygens (including phenoxy) is 1. The van der Waals surface area contributed by atoms with Crippen molar-refractivity contribution in [3.05, 3.63) is 72.7 Å². The molecular weight excluding hydrogens is 505 g/mol. The van der Waals surface area contributed by atoms with Crippen molar-refractivity contribution >= 4 is 27.6 Å². The summed E-state index contributed by atoms with van der Waals surface area (Å²) in [5.74, 6) is 0.316. The number of rotatable bonds is 5. The van der Waals surface area contributed by atoms with E-state index < -0.39 is 5.95 Å². The number of hydrogen-bond acceptors (Lipinski definition) is 7. The summed E-state index contributed by atoms with van der Waals surface area (Å²) in [5.41, 5.74) is 4.37. The molecule has 0 amide bonds. The largest absolute Gasteiger partial charge is 0.462 e. The molecule has 0 unspecified atom stereocenters. The molecule has 1 fully saturated rings. The van der Waals surface area contributed by atoms with Crippen LogP contribution in [0.2, 0.25) is 0 Å². The van der Waals surface area contributed by atoms with Gasteiger partial charge in [-0.3, -0.25) is 4.98 Å². The zero-order chi connectivity index (χ0) is 27.2. The van der Waals surface area contributed by atoms with E-state index in [4.69, 9.17) is 14.7 Å². The number of aromatic nitrogens is 5. The Morgan fingerprint density at radius 3 is 2.85 bits per heavy atom. The Balaban J connectivity index is 1.32. The highest BCUT2D eigenvalue weighted by atomic mass is 19.1. The highest BCUT2D eigenvalue weighted by Crippen LogP contribution is 2.35. The van der Waals surface area contributed by atoms with E-state index in [0.29, 0.717) is 37.4 Å². The van der Waals surface area contributed by atoms with Crippen molar-refractivity contribution in [2.24, 2.45) is 0 Å². The molecule has 2 aromatic carbocycles. The van der Waals surface area contributed by atoms with Crippen LogP contribution in [0.5, 0.6) is 6.01 Å². The SMILES string of the molecule is C[C@@H]1Cn2cnc(F)c2CN1c1nc(OC[C@H]2CCCCN2C)nc2cc(-c3cccc4cccnc34)ccc12. The maximum atomic E-state index is 14.5. The summed E-state index contributed by atoms with van der Waals surface area (Å²) in [6.07, 6.45) is 6.92. The zero-order valence-corrected chi connectivity index (χ0v) is 22.8. The molecule has 9 heteroatoms. The number of benzene rings is 2. The lowest BCUT2D eigenvalue weighted by molar-refractivity contribution is 0.120. The number of pyridine rings is 1. The Hall–Kier alpha value is -4.11. The second-order valence-electron chi connectivity index (χ2n) is 11.0. The van der Waals surface area contributed by atoms with Crippen LogP contribution in [0.1, 0.15) is 31.9 Å². The van der Waals surface area contributed by atoms with E-state index in [9.17, 15) is 4.39 Å². The average Bonchev–Trinajstić information content (AvgIpc) is 3.34. The first-order chi connectivity index (χ1) is 19.5. The third kappa shape index (κ3) is 4.44. The normalized spacial score (nSPS) is 19.7. The number of para-hydroxylation sites is 1. The van der Waals surface area contributed by atoms with E-state index in [-0.39, 0.29) is 6.04 Å². The molecule has 2 atom stereocenters. The minimum absolute atomic E-state index is 0.0819. The molecule has 0 spiro atoms. The van der Waals surface area contributed by atoms with Gasteiger partial charge in [-0.25, -0.2) is 4.98 Å². The molecule has 0 radical (unpaired) electrons. The van der Waals surface area contributed by atoms with Crippen molar-refractivity contribution in [1.29, 1.82) is 0 Å². The fourth-order valence-corrected chi connectivity index (χ4v) is 6.09. The van der Waals surface area contributed by atoms with Gasteiger partial charge in [-0.05, 0) is 57.1 Å². The summed E-state index contributed by atoms with van der Waals surface area (Å²) < 4.78 is 22.7. The van der Waals surface area contributed by atoms with Crippen LogP contribution in [-0.4, -0.2) is 61.7 Å². The van der Waals surface area contributed by atoms with Crippen molar-refractivity contribution in [3.63, 3.8) is 0 Å². The third-order valence-electron chi connectivity index (χ3n) is 8.41. The first kappa shape index (κ1) is 24.9. The number of anilines is 1. The second kappa shape index (κ2) is 10.1. The molecular formula is C31H32FN7O. The minimum atomic E-state index is -0.433. The number of likely N-dealkylation sites (tertiary alicyclic amines) is 1. The lowest BCUT2D eigenvalue weighted by atomic mass is 10.0. The Kier molecular flexibility index (Phi) is 6.31. The van der Waals surface area contributed by atoms with Gasteiger partial charge in [0.05, 0.1) is 29.6 Å². The van der Waals surface area contributed by atoms with E-state index >= 15 is 0 Å². The average molecular weight is 538 g/mol. The monoisotopic (exact) mass is 537 g/mol. The summed E-state index contributed by atoms with van der Waals surface area (Å²) >= 11 is 0. The van der Waals surface area contributed by atoms with E-state index in [1.165, 1.54) is 12.8 Å². The molecule has 8 nitrogen and oxygen atoms in total. The van der Waals surface area contributed by atoms with E-state index in [1.807, 2.05) is 16.8 Å². The fourth-order valence-electron chi connectivity index (χ4n) is 6.09. The van der Waals surface area contributed by atoms with Crippen molar-refractivity contribution in [3.8, 4) is 17.1 Å². The van der Waals surface area contributed by atoms with E-state index in [1.54, 1.807) is 6.33 Å². The van der Waals surface area contributed by atoms with Crippen LogP contribution in [0.25, 0.3) is 32.9 Å². The van der Waals surface area contributed by atoms with Gasteiger partial charge in [0.15, 0.2) is 0 Å². The molecule has 7 rings (SSSR count). The number of piperidine rings is 1. The van der Waals surface area contributed by atoms with Crippen LogP contribution in [0.4, 0.5) is 10.2 Å². The lowest BCUT2D eigenvalue weighted by Crippen LogP contribution is -2.42. The number of nitrogens with zero attached hydrogens (tertiary/aromatic N) is 7. The van der Waals surface area contributed by atoms with Gasteiger partial charge < -0.3 is 19.1 Å². The first-order valence-corrected chi connectivity index (χ1v) is 14.0. The van der Waals surface area contributed by atoms with Gasteiger partial charge in [-0.2, -0.15) is 14.4 Å². The van der Waals surface area contributed by atoms with Gasteiger partial charge in [0.2, 0.25) is 5.95 Å². The van der Waals surface area contributed by atoms with Crippen LogP contribution in [-0.2, 0) is 13.1 Å². The molecule has 40 heavy (non-hydrogen) atoms. The van der Waals surface area contributed by atoms with Crippen LogP contribution in [0, 0.1) is 5.95 Å². The van der Waals surface area contributed by atoms with Gasteiger partial charge in [0.25, 0.3) is 0 Å². The van der Waals surface area contributed by atoms with Crippen LogP contribution >= 0.6 is 0 Å². The quantitative estimate of drug-likeness (QED) is 0.295. The summed E-state index contributed by atoms with van der Waals surface area (Å²) in [7, 11) is 2.15. The zero-order valence-electron chi connectivity index (χ0n) is 22.8. The van der Waals surface area contributed by atoms with Gasteiger partial charge in [0, 0.05) is 41.2 Å². The number of imidazole rings is 1. The van der Waals surface area contributed by atoms with Gasteiger partial charge in [-0.15, -0.1) is 0 Å². The molecule has 0 saturated carbocycles. The Morgan fingerprint density at radius 1 is 1.05 bits per heavy atom. The minimum Gasteiger partial charge on any atom is -0.462 e. The second-order valence-corrected chi connectivity index (χ2v) is 11.0. The van der Waals surface area contributed by atoms with E-state index in [0.717, 1.165) is 51.7 Å². The molecule has 3 aromatic heterocycles. The van der Waals surface area contributed by atoms with Crippen molar-refractivity contribution in [2.75, 3.05) is 25.1 Å². The predicted octanol–water partition coefficient (Wildman–Crippen LogP) is 5.45. The lowest BCUT2D eigenvalue weighted by Gasteiger charge is -2.36. The smallest absolute Gasteiger partial charge is 0.319 e. The highest BCUT2D eigenvalue weighted by molar-refractivity contribution is 5.98. The van der Waals surface area contributed by atoms with Gasteiger partial charge in [0.1, 0.15) is 12.4 Å².